The van der Waals surface area contributed by atoms with Crippen LogP contribution in [0.15, 0.2) is 9.85 Å². The van der Waals surface area contributed by atoms with E-state index in [1.807, 2.05) is 13.0 Å². The highest BCUT2D eigenvalue weighted by Crippen LogP contribution is 2.27. The molecule has 0 spiro atoms. The summed E-state index contributed by atoms with van der Waals surface area (Å²) in [7, 11) is 0. The lowest BCUT2D eigenvalue weighted by molar-refractivity contribution is 0.0696. The molecule has 0 unspecified atom stereocenters. The number of halogens is 1. The zero-order valence-electron chi connectivity index (χ0n) is 8.93. The Balaban J connectivity index is 2.62. The van der Waals surface area contributed by atoms with Gasteiger partial charge in [-0.2, -0.15) is 0 Å². The molecule has 0 aliphatic heterocycles. The number of aliphatic hydroxyl groups is 1. The fourth-order valence-corrected chi connectivity index (χ4v) is 2.41. The predicted molar refractivity (Wildman–Crippen MR) is 65.4 cm³/mol. The highest BCUT2D eigenvalue weighted by molar-refractivity contribution is 9.11. The maximum Gasteiger partial charge on any atom is 0.261 e. The van der Waals surface area contributed by atoms with Crippen LogP contribution in [-0.4, -0.2) is 23.2 Å². The van der Waals surface area contributed by atoms with Crippen molar-refractivity contribution in [2.75, 3.05) is 6.54 Å². The van der Waals surface area contributed by atoms with E-state index in [4.69, 9.17) is 0 Å². The van der Waals surface area contributed by atoms with E-state index >= 15 is 0 Å². The van der Waals surface area contributed by atoms with Crippen LogP contribution >= 0.6 is 27.3 Å². The van der Waals surface area contributed by atoms with Gasteiger partial charge in [0.05, 0.1) is 14.3 Å². The number of amides is 1. The lowest BCUT2D eigenvalue weighted by Crippen LogP contribution is -2.37. The molecule has 1 amide bonds. The van der Waals surface area contributed by atoms with E-state index in [-0.39, 0.29) is 12.5 Å². The molecule has 2 N–H and O–H groups in total. The fourth-order valence-electron chi connectivity index (χ4n) is 0.955. The van der Waals surface area contributed by atoms with Crippen molar-refractivity contribution in [1.29, 1.82) is 0 Å². The molecule has 1 aromatic rings. The molecule has 3 nitrogen and oxygen atoms in total. The number of aryl methyl sites for hydroxylation is 1. The van der Waals surface area contributed by atoms with Gasteiger partial charge in [0, 0.05) is 6.54 Å². The van der Waals surface area contributed by atoms with Gasteiger partial charge in [0.1, 0.15) is 0 Å². The topological polar surface area (TPSA) is 49.3 Å². The van der Waals surface area contributed by atoms with E-state index in [1.165, 1.54) is 11.3 Å². The second-order valence-electron chi connectivity index (χ2n) is 4.06. The number of carbonyl (C=O) groups excluding carboxylic acids is 1. The van der Waals surface area contributed by atoms with E-state index in [2.05, 4.69) is 21.2 Å². The van der Waals surface area contributed by atoms with Crippen molar-refractivity contribution < 1.29 is 9.90 Å². The molecule has 0 aliphatic carbocycles. The van der Waals surface area contributed by atoms with Crippen LogP contribution in [0.1, 0.15) is 29.1 Å². The summed E-state index contributed by atoms with van der Waals surface area (Å²) in [5, 5.41) is 12.1. The van der Waals surface area contributed by atoms with Gasteiger partial charge >= 0.3 is 0 Å². The van der Waals surface area contributed by atoms with Crippen LogP contribution in [0.5, 0.6) is 0 Å². The summed E-state index contributed by atoms with van der Waals surface area (Å²) in [5.41, 5.74) is 0.174. The smallest absolute Gasteiger partial charge is 0.261 e. The molecule has 0 bridgehead atoms. The minimum absolute atomic E-state index is 0.143. The third-order valence-corrected chi connectivity index (χ3v) is 3.90. The van der Waals surface area contributed by atoms with Crippen LogP contribution in [0.3, 0.4) is 0 Å². The summed E-state index contributed by atoms with van der Waals surface area (Å²) < 4.78 is 0.968. The van der Waals surface area contributed by atoms with E-state index in [0.717, 1.165) is 9.35 Å². The second-order valence-corrected chi connectivity index (χ2v) is 6.43. The first-order chi connectivity index (χ1) is 6.79. The molecule has 5 heteroatoms. The lowest BCUT2D eigenvalue weighted by atomic mass is 10.1. The Morgan fingerprint density at radius 2 is 2.27 bits per heavy atom. The van der Waals surface area contributed by atoms with E-state index < -0.39 is 5.60 Å². The van der Waals surface area contributed by atoms with Crippen molar-refractivity contribution in [2.45, 2.75) is 26.4 Å². The molecule has 1 aromatic heterocycles. The van der Waals surface area contributed by atoms with Gasteiger partial charge in [-0.25, -0.2) is 0 Å². The second kappa shape index (κ2) is 4.63. The van der Waals surface area contributed by atoms with Crippen LogP contribution in [0.4, 0.5) is 0 Å². The molecule has 0 atom stereocenters. The van der Waals surface area contributed by atoms with Gasteiger partial charge in [0.2, 0.25) is 0 Å². The summed E-state index contributed by atoms with van der Waals surface area (Å²) in [6.45, 7) is 5.50. The van der Waals surface area contributed by atoms with Crippen LogP contribution in [-0.2, 0) is 0 Å². The van der Waals surface area contributed by atoms with Crippen LogP contribution in [0.25, 0.3) is 0 Å². The first kappa shape index (κ1) is 12.7. The highest BCUT2D eigenvalue weighted by atomic mass is 79.9. The van der Waals surface area contributed by atoms with Crippen molar-refractivity contribution >= 4 is 33.2 Å². The Morgan fingerprint density at radius 3 is 2.67 bits per heavy atom. The Hall–Kier alpha value is -0.390. The Morgan fingerprint density at radius 1 is 1.67 bits per heavy atom. The average molecular weight is 292 g/mol. The maximum absolute atomic E-state index is 11.6. The number of hydrogen-bond donors (Lipinski definition) is 2. The zero-order chi connectivity index (χ0) is 11.6. The molecular weight excluding hydrogens is 278 g/mol. The van der Waals surface area contributed by atoms with E-state index in [0.29, 0.717) is 4.88 Å². The van der Waals surface area contributed by atoms with Crippen molar-refractivity contribution in [3.05, 3.63) is 20.3 Å². The lowest BCUT2D eigenvalue weighted by Gasteiger charge is -2.17. The fraction of sp³-hybridized carbons (Fsp3) is 0.500. The summed E-state index contributed by atoms with van der Waals surface area (Å²) >= 11 is 4.76. The standard InChI is InChI=1S/C10H14BrNO2S/c1-6-4-7(15-8(6)11)9(13)12-5-10(2,3)14/h4,14H,5H2,1-3H3,(H,12,13). The van der Waals surface area contributed by atoms with Gasteiger partial charge < -0.3 is 10.4 Å². The molecule has 0 aromatic carbocycles. The van der Waals surface area contributed by atoms with Gasteiger partial charge in [0.15, 0.2) is 0 Å². The SMILES string of the molecule is Cc1cc(C(=O)NCC(C)(C)O)sc1Br. The summed E-state index contributed by atoms with van der Waals surface area (Å²) in [5.74, 6) is -0.143. The average Bonchev–Trinajstić information content (AvgIpc) is 2.42. The molecule has 0 aliphatic rings. The quantitative estimate of drug-likeness (QED) is 0.898. The summed E-state index contributed by atoms with van der Waals surface area (Å²) in [6, 6.07) is 1.83. The minimum atomic E-state index is -0.876. The molecule has 0 saturated heterocycles. The van der Waals surface area contributed by atoms with E-state index in [9.17, 15) is 9.90 Å². The van der Waals surface area contributed by atoms with Gasteiger partial charge in [-0.05, 0) is 48.3 Å². The first-order valence-corrected chi connectivity index (χ1v) is 6.17. The Labute approximate surface area is 102 Å². The number of carbonyl (C=O) groups is 1. The predicted octanol–water partition coefficient (Wildman–Crippen LogP) is 2.32. The third-order valence-electron chi connectivity index (χ3n) is 1.76. The van der Waals surface area contributed by atoms with Crippen LogP contribution in [0, 0.1) is 6.92 Å². The van der Waals surface area contributed by atoms with Gasteiger partial charge in [-0.1, -0.05) is 0 Å². The zero-order valence-corrected chi connectivity index (χ0v) is 11.3. The number of rotatable bonds is 3. The van der Waals surface area contributed by atoms with Crippen molar-refractivity contribution in [2.24, 2.45) is 0 Å². The molecule has 1 heterocycles. The van der Waals surface area contributed by atoms with Crippen LogP contribution < -0.4 is 5.32 Å². The van der Waals surface area contributed by atoms with Gasteiger partial charge in [-0.3, -0.25) is 4.79 Å². The van der Waals surface area contributed by atoms with Crippen molar-refractivity contribution in [1.82, 2.24) is 5.32 Å². The largest absolute Gasteiger partial charge is 0.389 e. The Bertz CT molecular complexity index is 348. The molecule has 1 rings (SSSR count). The third kappa shape index (κ3) is 3.93. The normalized spacial score (nSPS) is 11.5. The molecule has 84 valence electrons. The van der Waals surface area contributed by atoms with Gasteiger partial charge in [-0.15, -0.1) is 11.3 Å². The number of nitrogens with one attached hydrogen (secondary N) is 1. The summed E-state index contributed by atoms with van der Waals surface area (Å²) in [4.78, 5) is 12.3. The van der Waals surface area contributed by atoms with Gasteiger partial charge in [0.25, 0.3) is 5.91 Å². The molecule has 0 saturated carbocycles. The van der Waals surface area contributed by atoms with Crippen molar-refractivity contribution in [3.63, 3.8) is 0 Å². The molecular formula is C10H14BrNO2S. The van der Waals surface area contributed by atoms with Crippen LogP contribution in [0.2, 0.25) is 0 Å². The Kier molecular flexibility index (Phi) is 3.92. The monoisotopic (exact) mass is 291 g/mol. The van der Waals surface area contributed by atoms with E-state index in [1.54, 1.807) is 13.8 Å². The van der Waals surface area contributed by atoms with Crippen molar-refractivity contribution in [3.8, 4) is 0 Å². The molecule has 15 heavy (non-hydrogen) atoms. The minimum Gasteiger partial charge on any atom is -0.389 e. The molecule has 0 radical (unpaired) electrons. The first-order valence-electron chi connectivity index (χ1n) is 4.56. The molecule has 0 fully saturated rings. The summed E-state index contributed by atoms with van der Waals surface area (Å²) in [6.07, 6.45) is 0. The number of thiophene rings is 1. The highest BCUT2D eigenvalue weighted by Gasteiger charge is 2.16. The number of hydrogen-bond acceptors (Lipinski definition) is 3. The maximum atomic E-state index is 11.6.